The molecule has 2 nitrogen and oxygen atoms in total. The highest BCUT2D eigenvalue weighted by molar-refractivity contribution is 6.30. The molecule has 118 valence electrons. The summed E-state index contributed by atoms with van der Waals surface area (Å²) in [6.07, 6.45) is 7.81. The van der Waals surface area contributed by atoms with Crippen molar-refractivity contribution >= 4 is 11.6 Å². The van der Waals surface area contributed by atoms with Gasteiger partial charge < -0.3 is 10.1 Å². The van der Waals surface area contributed by atoms with Gasteiger partial charge in [-0.15, -0.1) is 0 Å². The van der Waals surface area contributed by atoms with Crippen LogP contribution >= 0.6 is 11.6 Å². The molecule has 2 atom stereocenters. The van der Waals surface area contributed by atoms with Crippen LogP contribution in [0.15, 0.2) is 18.2 Å². The molecule has 0 aliphatic heterocycles. The van der Waals surface area contributed by atoms with E-state index in [1.165, 1.54) is 37.7 Å². The maximum Gasteiger partial charge on any atom is 0.124 e. The van der Waals surface area contributed by atoms with Crippen LogP contribution in [0, 0.1) is 5.92 Å². The Morgan fingerprint density at radius 2 is 2.14 bits per heavy atom. The van der Waals surface area contributed by atoms with Crippen molar-refractivity contribution in [3.05, 3.63) is 28.8 Å². The normalized spacial score (nSPS) is 22.2. The zero-order valence-electron chi connectivity index (χ0n) is 13.3. The Bertz CT molecular complexity index is 435. The molecule has 21 heavy (non-hydrogen) atoms. The maximum absolute atomic E-state index is 6.31. The van der Waals surface area contributed by atoms with Gasteiger partial charge in [0.15, 0.2) is 0 Å². The van der Waals surface area contributed by atoms with Crippen molar-refractivity contribution in [2.45, 2.75) is 65.0 Å². The molecule has 2 unspecified atom stereocenters. The molecule has 1 aliphatic rings. The van der Waals surface area contributed by atoms with Crippen molar-refractivity contribution in [2.24, 2.45) is 5.92 Å². The zero-order valence-corrected chi connectivity index (χ0v) is 14.1. The van der Waals surface area contributed by atoms with Gasteiger partial charge in [-0.3, -0.25) is 0 Å². The maximum atomic E-state index is 6.31. The van der Waals surface area contributed by atoms with Crippen molar-refractivity contribution in [1.82, 2.24) is 5.32 Å². The van der Waals surface area contributed by atoms with E-state index in [9.17, 15) is 0 Å². The molecule has 1 aromatic rings. The largest absolute Gasteiger partial charge is 0.490 e. The molecule has 0 radical (unpaired) electrons. The number of benzene rings is 1. The second kappa shape index (κ2) is 8.65. The first-order chi connectivity index (χ1) is 10.2. The van der Waals surface area contributed by atoms with Crippen molar-refractivity contribution in [1.29, 1.82) is 0 Å². The van der Waals surface area contributed by atoms with Crippen molar-refractivity contribution in [3.8, 4) is 5.75 Å². The topological polar surface area (TPSA) is 21.3 Å². The highest BCUT2D eigenvalue weighted by Crippen LogP contribution is 2.31. The number of halogens is 1. The number of ether oxygens (including phenoxy) is 1. The van der Waals surface area contributed by atoms with Crippen LogP contribution in [-0.2, 0) is 6.54 Å². The minimum absolute atomic E-state index is 0.370. The number of rotatable bonds is 7. The van der Waals surface area contributed by atoms with Crippen molar-refractivity contribution in [3.63, 3.8) is 0 Å². The Kier molecular flexibility index (Phi) is 6.85. The monoisotopic (exact) mass is 309 g/mol. The molecule has 1 aliphatic carbocycles. The predicted octanol–water partition coefficient (Wildman–Crippen LogP) is 5.19. The summed E-state index contributed by atoms with van der Waals surface area (Å²) in [5.74, 6) is 1.84. The van der Waals surface area contributed by atoms with Gasteiger partial charge in [-0.1, -0.05) is 38.3 Å². The second-order valence-corrected chi connectivity index (χ2v) is 6.55. The number of nitrogens with one attached hydrogen (secondary N) is 1. The summed E-state index contributed by atoms with van der Waals surface area (Å²) < 4.78 is 6.31. The fourth-order valence-electron chi connectivity index (χ4n) is 3.10. The molecular weight excluding hydrogens is 282 g/mol. The lowest BCUT2D eigenvalue weighted by Crippen LogP contribution is -2.26. The van der Waals surface area contributed by atoms with E-state index in [0.717, 1.165) is 36.2 Å². The summed E-state index contributed by atoms with van der Waals surface area (Å²) in [5.41, 5.74) is 1.18. The van der Waals surface area contributed by atoms with E-state index in [2.05, 4.69) is 19.2 Å². The van der Waals surface area contributed by atoms with Crippen LogP contribution in [0.5, 0.6) is 5.75 Å². The molecular formula is C18H28ClNO. The van der Waals surface area contributed by atoms with Crippen molar-refractivity contribution in [2.75, 3.05) is 6.54 Å². The van der Waals surface area contributed by atoms with Gasteiger partial charge in [0.05, 0.1) is 6.10 Å². The third-order valence-corrected chi connectivity index (χ3v) is 4.61. The van der Waals surface area contributed by atoms with Gasteiger partial charge in [0.25, 0.3) is 0 Å². The standard InChI is InChI=1S/C18H28ClNO/c1-3-10-20-13-15-12-16(19)8-9-18(15)21-17-7-5-6-14(4-2)11-17/h8-9,12,14,17,20H,3-7,10-11,13H2,1-2H3. The Morgan fingerprint density at radius 3 is 2.90 bits per heavy atom. The van der Waals surface area contributed by atoms with Gasteiger partial charge in [0.1, 0.15) is 5.75 Å². The Morgan fingerprint density at radius 1 is 1.29 bits per heavy atom. The smallest absolute Gasteiger partial charge is 0.124 e. The molecule has 0 bridgehead atoms. The fraction of sp³-hybridized carbons (Fsp3) is 0.667. The van der Waals surface area contributed by atoms with Crippen LogP contribution < -0.4 is 10.1 Å². The first-order valence-corrected chi connectivity index (χ1v) is 8.76. The predicted molar refractivity (Wildman–Crippen MR) is 90.1 cm³/mol. The molecule has 3 heteroatoms. The quantitative estimate of drug-likeness (QED) is 0.700. The SMILES string of the molecule is CCCNCc1cc(Cl)ccc1OC1CCCC(CC)C1. The third kappa shape index (κ3) is 5.19. The van der Waals surface area contributed by atoms with E-state index < -0.39 is 0 Å². The van der Waals surface area contributed by atoms with E-state index in [4.69, 9.17) is 16.3 Å². The van der Waals surface area contributed by atoms with Crippen LogP contribution in [0.4, 0.5) is 0 Å². The number of hydrogen-bond donors (Lipinski definition) is 1. The molecule has 1 aromatic carbocycles. The lowest BCUT2D eigenvalue weighted by atomic mass is 9.85. The molecule has 0 spiro atoms. The van der Waals surface area contributed by atoms with Crippen LogP contribution in [0.1, 0.15) is 57.9 Å². The molecule has 1 fully saturated rings. The summed E-state index contributed by atoms with van der Waals surface area (Å²) in [6, 6.07) is 5.99. The molecule has 2 rings (SSSR count). The van der Waals surface area contributed by atoms with Crippen LogP contribution in [-0.4, -0.2) is 12.6 Å². The third-order valence-electron chi connectivity index (χ3n) is 4.37. The van der Waals surface area contributed by atoms with Gasteiger partial charge in [-0.2, -0.15) is 0 Å². The summed E-state index contributed by atoms with van der Waals surface area (Å²) in [4.78, 5) is 0. The summed E-state index contributed by atoms with van der Waals surface area (Å²) in [5, 5.41) is 4.22. The summed E-state index contributed by atoms with van der Waals surface area (Å²) in [7, 11) is 0. The van der Waals surface area contributed by atoms with E-state index in [-0.39, 0.29) is 0 Å². The lowest BCUT2D eigenvalue weighted by Gasteiger charge is -2.29. The first-order valence-electron chi connectivity index (χ1n) is 8.38. The van der Waals surface area contributed by atoms with Crippen molar-refractivity contribution < 1.29 is 4.74 Å². The van der Waals surface area contributed by atoms with E-state index >= 15 is 0 Å². The molecule has 1 saturated carbocycles. The van der Waals surface area contributed by atoms with Gasteiger partial charge in [-0.05, 0) is 56.3 Å². The molecule has 0 aromatic heterocycles. The average molecular weight is 310 g/mol. The van der Waals surface area contributed by atoms with Gasteiger partial charge in [-0.25, -0.2) is 0 Å². The zero-order chi connectivity index (χ0) is 15.1. The molecule has 0 amide bonds. The second-order valence-electron chi connectivity index (χ2n) is 6.11. The van der Waals surface area contributed by atoms with Gasteiger partial charge in [0, 0.05) is 17.1 Å². The summed E-state index contributed by atoms with van der Waals surface area (Å²) in [6.45, 7) is 6.31. The highest BCUT2D eigenvalue weighted by atomic mass is 35.5. The Labute approximate surface area is 134 Å². The van der Waals surface area contributed by atoms with Crippen LogP contribution in [0.3, 0.4) is 0 Å². The highest BCUT2D eigenvalue weighted by Gasteiger charge is 2.22. The van der Waals surface area contributed by atoms with Crippen LogP contribution in [0.2, 0.25) is 5.02 Å². The average Bonchev–Trinajstić information content (AvgIpc) is 2.50. The Balaban J connectivity index is 2.00. The Hall–Kier alpha value is -0.730. The van der Waals surface area contributed by atoms with E-state index in [0.29, 0.717) is 6.10 Å². The minimum atomic E-state index is 0.370. The lowest BCUT2D eigenvalue weighted by molar-refractivity contribution is 0.121. The van der Waals surface area contributed by atoms with Crippen LogP contribution in [0.25, 0.3) is 0 Å². The minimum Gasteiger partial charge on any atom is -0.490 e. The summed E-state index contributed by atoms with van der Waals surface area (Å²) >= 11 is 6.13. The number of hydrogen-bond acceptors (Lipinski definition) is 2. The fourth-order valence-corrected chi connectivity index (χ4v) is 3.29. The molecule has 1 N–H and O–H groups in total. The molecule has 0 saturated heterocycles. The van der Waals surface area contributed by atoms with Gasteiger partial charge in [0.2, 0.25) is 0 Å². The van der Waals surface area contributed by atoms with E-state index in [1.54, 1.807) is 0 Å². The molecule has 0 heterocycles. The van der Waals surface area contributed by atoms with E-state index in [1.807, 2.05) is 18.2 Å². The van der Waals surface area contributed by atoms with Gasteiger partial charge >= 0.3 is 0 Å². The first kappa shape index (κ1) is 16.6.